The smallest absolute Gasteiger partial charge is 0.164 e. The summed E-state index contributed by atoms with van der Waals surface area (Å²) in [7, 11) is 0. The summed E-state index contributed by atoms with van der Waals surface area (Å²) in [5.74, 6) is -1.19. The number of hydrogen-bond donors (Lipinski definition) is 3. The van der Waals surface area contributed by atoms with Crippen molar-refractivity contribution in [1.82, 2.24) is 4.90 Å². The topological polar surface area (TPSA) is 73.2 Å². The van der Waals surface area contributed by atoms with Gasteiger partial charge in [-0.25, -0.2) is 0 Å². The van der Waals surface area contributed by atoms with Gasteiger partial charge in [-0.05, 0) is 19.9 Å². The predicted octanol–water partition coefficient (Wildman–Crippen LogP) is 0.470. The molecule has 0 spiro atoms. The normalized spacial score (nSPS) is 43.4. The van der Waals surface area contributed by atoms with E-state index in [1.807, 2.05) is 0 Å². The number of hydrogen-bond acceptors (Lipinski definition) is 5. The van der Waals surface area contributed by atoms with Crippen LogP contribution >= 0.6 is 0 Å². The number of aliphatic hydroxyl groups is 3. The van der Waals surface area contributed by atoms with Gasteiger partial charge in [0.25, 0.3) is 0 Å². The van der Waals surface area contributed by atoms with Crippen molar-refractivity contribution in [2.75, 3.05) is 13.1 Å². The van der Waals surface area contributed by atoms with E-state index in [0.717, 1.165) is 13.0 Å². The molecular formula is C14H27NO4. The number of piperidine rings is 1. The standard InChI is InChI=1S/C14H27NO4/c1-3-4-5-6-7-15-9-11(16)12(17)13-10(15)8-14(2,18)19-13/h10-13,16-18H,3-9H2,1-2H3/t10-,11-,12-,13+,14-/m1/s1. The van der Waals surface area contributed by atoms with Gasteiger partial charge in [-0.3, -0.25) is 4.90 Å². The van der Waals surface area contributed by atoms with E-state index >= 15 is 0 Å². The first-order chi connectivity index (χ1) is 8.94. The number of β-amino-alcohol motifs (C(OH)–C–C–N with tert-alkyl or cyclic N) is 1. The van der Waals surface area contributed by atoms with Crippen molar-refractivity contribution in [3.05, 3.63) is 0 Å². The summed E-state index contributed by atoms with van der Waals surface area (Å²) in [4.78, 5) is 2.17. The molecule has 2 aliphatic rings. The molecule has 2 rings (SSSR count). The van der Waals surface area contributed by atoms with Crippen molar-refractivity contribution in [2.45, 2.75) is 76.1 Å². The van der Waals surface area contributed by atoms with Crippen LogP contribution < -0.4 is 0 Å². The molecule has 2 saturated heterocycles. The maximum Gasteiger partial charge on any atom is 0.164 e. The second kappa shape index (κ2) is 6.06. The second-order valence-electron chi connectivity index (χ2n) is 6.14. The Bertz CT molecular complexity index is 297. The Hall–Kier alpha value is -0.200. The zero-order valence-corrected chi connectivity index (χ0v) is 12.0. The van der Waals surface area contributed by atoms with Crippen molar-refractivity contribution < 1.29 is 20.1 Å². The average molecular weight is 273 g/mol. The Morgan fingerprint density at radius 2 is 2.00 bits per heavy atom. The predicted molar refractivity (Wildman–Crippen MR) is 71.6 cm³/mol. The van der Waals surface area contributed by atoms with Crippen LogP contribution in [0, 0.1) is 0 Å². The molecule has 0 unspecified atom stereocenters. The number of aliphatic hydroxyl groups excluding tert-OH is 2. The van der Waals surface area contributed by atoms with Gasteiger partial charge < -0.3 is 20.1 Å². The average Bonchev–Trinajstić information content (AvgIpc) is 2.67. The Morgan fingerprint density at radius 3 is 2.68 bits per heavy atom. The molecule has 0 bridgehead atoms. The lowest BCUT2D eigenvalue weighted by Crippen LogP contribution is -2.59. The second-order valence-corrected chi connectivity index (χ2v) is 6.14. The fourth-order valence-corrected chi connectivity index (χ4v) is 3.26. The van der Waals surface area contributed by atoms with E-state index in [1.54, 1.807) is 6.92 Å². The highest BCUT2D eigenvalue weighted by Crippen LogP contribution is 2.37. The summed E-state index contributed by atoms with van der Waals surface area (Å²) in [5, 5.41) is 29.9. The van der Waals surface area contributed by atoms with Crippen LogP contribution in [0.25, 0.3) is 0 Å². The molecule has 0 saturated carbocycles. The zero-order chi connectivity index (χ0) is 14.0. The van der Waals surface area contributed by atoms with Crippen molar-refractivity contribution in [2.24, 2.45) is 0 Å². The van der Waals surface area contributed by atoms with E-state index in [4.69, 9.17) is 4.74 Å². The third-order valence-electron chi connectivity index (χ3n) is 4.28. The van der Waals surface area contributed by atoms with Gasteiger partial charge in [0.2, 0.25) is 0 Å². The van der Waals surface area contributed by atoms with Crippen molar-refractivity contribution in [3.63, 3.8) is 0 Å². The molecule has 5 heteroatoms. The van der Waals surface area contributed by atoms with Gasteiger partial charge in [0.05, 0.1) is 6.10 Å². The molecule has 0 aromatic carbocycles. The molecule has 112 valence electrons. The molecule has 0 aromatic rings. The fraction of sp³-hybridized carbons (Fsp3) is 1.00. The van der Waals surface area contributed by atoms with Crippen molar-refractivity contribution in [3.8, 4) is 0 Å². The minimum atomic E-state index is -1.19. The third-order valence-corrected chi connectivity index (χ3v) is 4.28. The lowest BCUT2D eigenvalue weighted by molar-refractivity contribution is -0.213. The van der Waals surface area contributed by atoms with Gasteiger partial charge >= 0.3 is 0 Å². The van der Waals surface area contributed by atoms with Gasteiger partial charge in [-0.15, -0.1) is 0 Å². The minimum Gasteiger partial charge on any atom is -0.389 e. The van der Waals surface area contributed by atoms with Crippen LogP contribution in [0.5, 0.6) is 0 Å². The molecule has 2 fully saturated rings. The largest absolute Gasteiger partial charge is 0.389 e. The summed E-state index contributed by atoms with van der Waals surface area (Å²) in [6, 6.07) is 0.00928. The summed E-state index contributed by atoms with van der Waals surface area (Å²) in [6.07, 6.45) is 3.02. The van der Waals surface area contributed by atoms with Gasteiger partial charge in [0, 0.05) is 19.0 Å². The van der Waals surface area contributed by atoms with E-state index in [1.165, 1.54) is 19.3 Å². The molecule has 0 aliphatic carbocycles. The van der Waals surface area contributed by atoms with Crippen LogP contribution in [0.4, 0.5) is 0 Å². The van der Waals surface area contributed by atoms with E-state index in [-0.39, 0.29) is 6.04 Å². The summed E-state index contributed by atoms with van der Waals surface area (Å²) >= 11 is 0. The molecule has 2 heterocycles. The van der Waals surface area contributed by atoms with Gasteiger partial charge in [0.1, 0.15) is 12.2 Å². The summed E-state index contributed by atoms with van der Waals surface area (Å²) < 4.78 is 5.50. The first-order valence-electron chi connectivity index (χ1n) is 7.45. The monoisotopic (exact) mass is 273 g/mol. The van der Waals surface area contributed by atoms with Gasteiger partial charge in [-0.2, -0.15) is 0 Å². The molecule has 0 radical (unpaired) electrons. The molecule has 0 amide bonds. The first kappa shape index (κ1) is 15.2. The van der Waals surface area contributed by atoms with E-state index in [2.05, 4.69) is 11.8 Å². The Labute approximate surface area is 115 Å². The number of nitrogens with zero attached hydrogens (tertiary/aromatic N) is 1. The lowest BCUT2D eigenvalue weighted by atomic mass is 9.92. The van der Waals surface area contributed by atoms with Crippen LogP contribution in [0.15, 0.2) is 0 Å². The third kappa shape index (κ3) is 3.47. The summed E-state index contributed by atoms with van der Waals surface area (Å²) in [6.45, 7) is 5.16. The van der Waals surface area contributed by atoms with Crippen LogP contribution in [-0.4, -0.2) is 63.4 Å². The maximum absolute atomic E-state index is 10.0. The van der Waals surface area contributed by atoms with Crippen molar-refractivity contribution >= 4 is 0 Å². The van der Waals surface area contributed by atoms with Crippen LogP contribution in [0.1, 0.15) is 46.0 Å². The maximum atomic E-state index is 10.0. The van der Waals surface area contributed by atoms with Gasteiger partial charge in [-0.1, -0.05) is 26.2 Å². The lowest BCUT2D eigenvalue weighted by Gasteiger charge is -2.41. The number of likely N-dealkylation sites (tertiary alicyclic amines) is 1. The highest BCUT2D eigenvalue weighted by Gasteiger charge is 2.52. The highest BCUT2D eigenvalue weighted by molar-refractivity contribution is 5.01. The zero-order valence-electron chi connectivity index (χ0n) is 12.0. The van der Waals surface area contributed by atoms with Crippen LogP contribution in [0.3, 0.4) is 0 Å². The number of fused-ring (bicyclic) bond motifs is 1. The van der Waals surface area contributed by atoms with Crippen LogP contribution in [-0.2, 0) is 4.74 Å². The SMILES string of the molecule is CCCCCCN1C[C@@H](O)[C@@H](O)[C@H]2O[C@@](C)(O)C[C@H]21. The van der Waals surface area contributed by atoms with Gasteiger partial charge in [0.15, 0.2) is 5.79 Å². The quantitative estimate of drug-likeness (QED) is 0.635. The highest BCUT2D eigenvalue weighted by atomic mass is 16.6. The molecule has 5 atom stereocenters. The number of unbranched alkanes of at least 4 members (excludes halogenated alkanes) is 3. The fourth-order valence-electron chi connectivity index (χ4n) is 3.26. The summed E-state index contributed by atoms with van der Waals surface area (Å²) in [5.41, 5.74) is 0. The molecule has 2 aliphatic heterocycles. The van der Waals surface area contributed by atoms with E-state index < -0.39 is 24.1 Å². The molecule has 3 N–H and O–H groups in total. The Morgan fingerprint density at radius 1 is 1.26 bits per heavy atom. The van der Waals surface area contributed by atoms with E-state index in [9.17, 15) is 15.3 Å². The molecule has 5 nitrogen and oxygen atoms in total. The first-order valence-corrected chi connectivity index (χ1v) is 7.45. The number of ether oxygens (including phenoxy) is 1. The molecule has 19 heavy (non-hydrogen) atoms. The molecular weight excluding hydrogens is 246 g/mol. The molecule has 0 aromatic heterocycles. The minimum absolute atomic E-state index is 0.00928. The number of rotatable bonds is 5. The van der Waals surface area contributed by atoms with Crippen molar-refractivity contribution in [1.29, 1.82) is 0 Å². The van der Waals surface area contributed by atoms with Crippen LogP contribution in [0.2, 0.25) is 0 Å². The van der Waals surface area contributed by atoms with E-state index in [0.29, 0.717) is 13.0 Å². The Kier molecular flexibility index (Phi) is 4.84. The Balaban J connectivity index is 1.95.